The van der Waals surface area contributed by atoms with Gasteiger partial charge in [0.2, 0.25) is 0 Å². The summed E-state index contributed by atoms with van der Waals surface area (Å²) in [6, 6.07) is 8.84. The first kappa shape index (κ1) is 16.2. The first-order chi connectivity index (χ1) is 11.7. The smallest absolute Gasteiger partial charge is 0.358 e. The van der Waals surface area contributed by atoms with Crippen molar-refractivity contribution in [3.05, 3.63) is 42.2 Å². The number of esters is 1. The third-order valence-electron chi connectivity index (χ3n) is 3.70. The maximum Gasteiger partial charge on any atom is 0.358 e. The Morgan fingerprint density at radius 2 is 2.21 bits per heavy atom. The van der Waals surface area contributed by atoms with Gasteiger partial charge in [0.25, 0.3) is 5.91 Å². The number of amides is 1. The van der Waals surface area contributed by atoms with Crippen LogP contribution in [0.4, 0.5) is 5.69 Å². The standard InChI is InChI=1S/C17H19N3O4/c1-2-23-17(22)13-9-10-20(19-13)14-7-4-3-6-12(14)18-16(21)15-8-5-11-24-15/h3-4,6-7,9-10,15H,2,5,8,11H2,1H3,(H,18,21)/t15-/m0/s1. The summed E-state index contributed by atoms with van der Waals surface area (Å²) in [5, 5.41) is 7.10. The van der Waals surface area contributed by atoms with Crippen molar-refractivity contribution in [3.8, 4) is 5.69 Å². The summed E-state index contributed by atoms with van der Waals surface area (Å²) in [5.41, 5.74) is 1.49. The number of anilines is 1. The highest BCUT2D eigenvalue weighted by Gasteiger charge is 2.24. The lowest BCUT2D eigenvalue weighted by atomic mass is 10.2. The molecule has 1 aromatic heterocycles. The Labute approximate surface area is 139 Å². The number of nitrogens with zero attached hydrogens (tertiary/aromatic N) is 2. The second-order valence-corrected chi connectivity index (χ2v) is 5.37. The highest BCUT2D eigenvalue weighted by molar-refractivity contribution is 5.96. The molecule has 0 aliphatic carbocycles. The molecule has 3 rings (SSSR count). The Kier molecular flexibility index (Phi) is 4.90. The first-order valence-electron chi connectivity index (χ1n) is 7.93. The molecule has 1 atom stereocenters. The van der Waals surface area contributed by atoms with Gasteiger partial charge >= 0.3 is 5.97 Å². The minimum atomic E-state index is -0.475. The van der Waals surface area contributed by atoms with Crippen molar-refractivity contribution in [2.75, 3.05) is 18.5 Å². The van der Waals surface area contributed by atoms with Crippen molar-refractivity contribution in [3.63, 3.8) is 0 Å². The molecule has 0 saturated carbocycles. The highest BCUT2D eigenvalue weighted by Crippen LogP contribution is 2.21. The molecule has 1 aromatic carbocycles. The number of carbonyl (C=O) groups is 2. The number of hydrogen-bond donors (Lipinski definition) is 1. The Hall–Kier alpha value is -2.67. The maximum absolute atomic E-state index is 12.3. The van der Waals surface area contributed by atoms with Crippen LogP contribution in [0.2, 0.25) is 0 Å². The van der Waals surface area contributed by atoms with Gasteiger partial charge in [-0.15, -0.1) is 0 Å². The Morgan fingerprint density at radius 1 is 1.38 bits per heavy atom. The minimum absolute atomic E-state index is 0.169. The van der Waals surface area contributed by atoms with E-state index in [-0.39, 0.29) is 11.6 Å². The molecule has 0 bridgehead atoms. The number of ether oxygens (including phenoxy) is 2. The summed E-state index contributed by atoms with van der Waals surface area (Å²) in [6.45, 7) is 2.65. The lowest BCUT2D eigenvalue weighted by molar-refractivity contribution is -0.124. The molecule has 1 aliphatic heterocycles. The van der Waals surface area contributed by atoms with Crippen LogP contribution in [0.5, 0.6) is 0 Å². The average Bonchev–Trinajstić information content (AvgIpc) is 3.27. The monoisotopic (exact) mass is 329 g/mol. The second-order valence-electron chi connectivity index (χ2n) is 5.37. The average molecular weight is 329 g/mol. The first-order valence-corrected chi connectivity index (χ1v) is 7.93. The van der Waals surface area contributed by atoms with Crippen LogP contribution in [0.1, 0.15) is 30.3 Å². The normalized spacial score (nSPS) is 16.8. The van der Waals surface area contributed by atoms with Crippen LogP contribution in [0, 0.1) is 0 Å². The molecular weight excluding hydrogens is 310 g/mol. The highest BCUT2D eigenvalue weighted by atomic mass is 16.5. The van der Waals surface area contributed by atoms with Gasteiger partial charge in [-0.1, -0.05) is 12.1 Å². The minimum Gasteiger partial charge on any atom is -0.461 e. The molecule has 1 aliphatic rings. The Morgan fingerprint density at radius 3 is 2.96 bits per heavy atom. The van der Waals surface area contributed by atoms with Crippen LogP contribution >= 0.6 is 0 Å². The van der Waals surface area contributed by atoms with Gasteiger partial charge in [0.15, 0.2) is 5.69 Å². The molecular formula is C17H19N3O4. The van der Waals surface area contributed by atoms with Crippen molar-refractivity contribution in [2.45, 2.75) is 25.9 Å². The fraction of sp³-hybridized carbons (Fsp3) is 0.353. The predicted molar refractivity (Wildman–Crippen MR) is 87.1 cm³/mol. The van der Waals surface area contributed by atoms with Crippen molar-refractivity contribution in [2.24, 2.45) is 0 Å². The van der Waals surface area contributed by atoms with E-state index >= 15 is 0 Å². The number of rotatable bonds is 5. The molecule has 126 valence electrons. The van der Waals surface area contributed by atoms with Gasteiger partial charge in [-0.25, -0.2) is 9.48 Å². The topological polar surface area (TPSA) is 82.5 Å². The predicted octanol–water partition coefficient (Wildman–Crippen LogP) is 2.17. The number of nitrogens with one attached hydrogen (secondary N) is 1. The molecule has 7 nitrogen and oxygen atoms in total. The van der Waals surface area contributed by atoms with Crippen LogP contribution in [-0.2, 0) is 14.3 Å². The SMILES string of the molecule is CCOC(=O)c1ccn(-c2ccccc2NC(=O)[C@@H]2CCCO2)n1. The van der Waals surface area contributed by atoms with Gasteiger partial charge in [0.1, 0.15) is 6.10 Å². The fourth-order valence-electron chi connectivity index (χ4n) is 2.55. The van der Waals surface area contributed by atoms with E-state index in [0.717, 1.165) is 12.8 Å². The van der Waals surface area contributed by atoms with Crippen LogP contribution < -0.4 is 5.32 Å². The fourth-order valence-corrected chi connectivity index (χ4v) is 2.55. The maximum atomic E-state index is 12.3. The van der Waals surface area contributed by atoms with Crippen molar-refractivity contribution in [1.82, 2.24) is 9.78 Å². The van der Waals surface area contributed by atoms with E-state index in [2.05, 4.69) is 10.4 Å². The van der Waals surface area contributed by atoms with E-state index in [4.69, 9.17) is 9.47 Å². The molecule has 0 unspecified atom stereocenters. The van der Waals surface area contributed by atoms with E-state index in [0.29, 0.717) is 24.6 Å². The van der Waals surface area contributed by atoms with E-state index < -0.39 is 12.1 Å². The number of benzene rings is 1. The summed E-state index contributed by atoms with van der Waals surface area (Å²) >= 11 is 0. The third-order valence-corrected chi connectivity index (χ3v) is 3.70. The lowest BCUT2D eigenvalue weighted by Crippen LogP contribution is -2.27. The van der Waals surface area contributed by atoms with Crippen molar-refractivity contribution in [1.29, 1.82) is 0 Å². The van der Waals surface area contributed by atoms with Gasteiger partial charge in [-0.3, -0.25) is 4.79 Å². The molecule has 1 N–H and O–H groups in total. The summed E-state index contributed by atoms with van der Waals surface area (Å²) in [6.07, 6.45) is 2.86. The van der Waals surface area contributed by atoms with Crippen LogP contribution in [0.3, 0.4) is 0 Å². The molecule has 1 amide bonds. The molecule has 24 heavy (non-hydrogen) atoms. The van der Waals surface area contributed by atoms with E-state index in [9.17, 15) is 9.59 Å². The number of para-hydroxylation sites is 2. The van der Waals surface area contributed by atoms with Gasteiger partial charge in [-0.05, 0) is 38.0 Å². The Balaban J connectivity index is 1.81. The summed E-state index contributed by atoms with van der Waals surface area (Å²) in [4.78, 5) is 24.0. The zero-order valence-electron chi connectivity index (χ0n) is 13.4. The van der Waals surface area contributed by atoms with Gasteiger partial charge in [0.05, 0.1) is 18.0 Å². The molecule has 0 spiro atoms. The van der Waals surface area contributed by atoms with Crippen LogP contribution in [0.15, 0.2) is 36.5 Å². The Bertz CT molecular complexity index is 735. The second kappa shape index (κ2) is 7.27. The van der Waals surface area contributed by atoms with Crippen LogP contribution in [0.25, 0.3) is 5.69 Å². The van der Waals surface area contributed by atoms with Gasteiger partial charge < -0.3 is 14.8 Å². The molecule has 7 heteroatoms. The number of aromatic nitrogens is 2. The number of hydrogen-bond acceptors (Lipinski definition) is 5. The molecule has 2 aromatic rings. The molecule has 1 saturated heterocycles. The molecule has 0 radical (unpaired) electrons. The largest absolute Gasteiger partial charge is 0.461 e. The third kappa shape index (κ3) is 3.46. The molecule has 2 heterocycles. The number of carbonyl (C=O) groups excluding carboxylic acids is 2. The quantitative estimate of drug-likeness (QED) is 0.850. The van der Waals surface area contributed by atoms with E-state index in [1.807, 2.05) is 18.2 Å². The van der Waals surface area contributed by atoms with Crippen molar-refractivity contribution >= 4 is 17.6 Å². The zero-order chi connectivity index (χ0) is 16.9. The summed E-state index contributed by atoms with van der Waals surface area (Å²) < 4.78 is 11.9. The molecule has 1 fully saturated rings. The van der Waals surface area contributed by atoms with Gasteiger partial charge in [-0.2, -0.15) is 5.10 Å². The van der Waals surface area contributed by atoms with Crippen LogP contribution in [-0.4, -0.2) is 41.0 Å². The lowest BCUT2D eigenvalue weighted by Gasteiger charge is -2.13. The summed E-state index contributed by atoms with van der Waals surface area (Å²) in [7, 11) is 0. The van der Waals surface area contributed by atoms with Crippen molar-refractivity contribution < 1.29 is 19.1 Å². The van der Waals surface area contributed by atoms with E-state index in [1.54, 1.807) is 25.3 Å². The van der Waals surface area contributed by atoms with Gasteiger partial charge in [0, 0.05) is 12.8 Å². The zero-order valence-corrected chi connectivity index (χ0v) is 13.4. The van der Waals surface area contributed by atoms with E-state index in [1.165, 1.54) is 4.68 Å². The summed E-state index contributed by atoms with van der Waals surface area (Å²) in [5.74, 6) is -0.644.